The van der Waals surface area contributed by atoms with Crippen LogP contribution in [0.3, 0.4) is 0 Å². The maximum absolute atomic E-state index is 12.9. The van der Waals surface area contributed by atoms with Crippen LogP contribution < -0.4 is 11.1 Å². The van der Waals surface area contributed by atoms with Crippen molar-refractivity contribution in [3.63, 3.8) is 0 Å². The van der Waals surface area contributed by atoms with Gasteiger partial charge in [0.05, 0.1) is 11.4 Å². The van der Waals surface area contributed by atoms with Crippen molar-refractivity contribution in [3.05, 3.63) is 23.8 Å². The number of halogens is 2. The zero-order valence-corrected chi connectivity index (χ0v) is 6.98. The van der Waals surface area contributed by atoms with Crippen molar-refractivity contribution in [2.75, 3.05) is 11.1 Å². The topological polar surface area (TPSA) is 38.0 Å². The second-order valence-electron chi connectivity index (χ2n) is 3.27. The number of nitrogen functional groups attached to an aromatic ring is 1. The van der Waals surface area contributed by atoms with E-state index in [-0.39, 0.29) is 5.69 Å². The molecule has 4 heteroatoms. The van der Waals surface area contributed by atoms with Crippen LogP contribution in [0.15, 0.2) is 12.1 Å². The summed E-state index contributed by atoms with van der Waals surface area (Å²) in [5.41, 5.74) is 5.78. The first kappa shape index (κ1) is 8.29. The van der Waals surface area contributed by atoms with Gasteiger partial charge in [-0.2, -0.15) is 0 Å². The minimum atomic E-state index is -0.705. The van der Waals surface area contributed by atoms with Crippen LogP contribution in [0.4, 0.5) is 20.2 Å². The van der Waals surface area contributed by atoms with Gasteiger partial charge in [0.1, 0.15) is 5.82 Å². The van der Waals surface area contributed by atoms with Crippen molar-refractivity contribution < 1.29 is 8.78 Å². The molecule has 0 atom stereocenters. The van der Waals surface area contributed by atoms with Gasteiger partial charge in [-0.3, -0.25) is 0 Å². The highest BCUT2D eigenvalue weighted by atomic mass is 19.1. The standard InChI is InChI=1S/C9H10F2N2/c10-5-3-7(11)9(12)8(4-5)13-6-1-2-6/h3-4,6,13H,1-2,12H2. The maximum Gasteiger partial charge on any atom is 0.151 e. The number of hydrogen-bond acceptors (Lipinski definition) is 2. The molecule has 0 bridgehead atoms. The molecule has 0 amide bonds. The molecule has 70 valence electrons. The smallest absolute Gasteiger partial charge is 0.151 e. The molecule has 1 aliphatic carbocycles. The summed E-state index contributed by atoms with van der Waals surface area (Å²) in [7, 11) is 0. The summed E-state index contributed by atoms with van der Waals surface area (Å²) in [4.78, 5) is 0. The minimum Gasteiger partial charge on any atom is -0.395 e. The fourth-order valence-corrected chi connectivity index (χ4v) is 1.15. The third-order valence-electron chi connectivity index (χ3n) is 2.03. The third kappa shape index (κ3) is 1.71. The van der Waals surface area contributed by atoms with Crippen molar-refractivity contribution in [1.29, 1.82) is 0 Å². The lowest BCUT2D eigenvalue weighted by atomic mass is 10.2. The van der Waals surface area contributed by atoms with E-state index in [1.165, 1.54) is 6.07 Å². The van der Waals surface area contributed by atoms with Crippen LogP contribution in [0.5, 0.6) is 0 Å². The Morgan fingerprint density at radius 3 is 2.62 bits per heavy atom. The summed E-state index contributed by atoms with van der Waals surface area (Å²) >= 11 is 0. The molecule has 1 fully saturated rings. The van der Waals surface area contributed by atoms with Crippen LogP contribution in [0, 0.1) is 11.6 Å². The first-order valence-corrected chi connectivity index (χ1v) is 4.18. The summed E-state index contributed by atoms with van der Waals surface area (Å²) < 4.78 is 25.6. The van der Waals surface area contributed by atoms with Crippen molar-refractivity contribution in [2.45, 2.75) is 18.9 Å². The first-order valence-electron chi connectivity index (χ1n) is 4.18. The molecule has 0 heterocycles. The summed E-state index contributed by atoms with van der Waals surface area (Å²) in [5, 5.41) is 2.96. The van der Waals surface area contributed by atoms with Crippen LogP contribution in [0.2, 0.25) is 0 Å². The van der Waals surface area contributed by atoms with Crippen molar-refractivity contribution in [1.82, 2.24) is 0 Å². The number of nitrogens with two attached hydrogens (primary N) is 1. The largest absolute Gasteiger partial charge is 0.395 e. The normalized spacial score (nSPS) is 15.8. The molecule has 1 saturated carbocycles. The Morgan fingerprint density at radius 2 is 2.00 bits per heavy atom. The average Bonchev–Trinajstić information content (AvgIpc) is 2.83. The molecule has 1 aromatic carbocycles. The Kier molecular flexibility index (Phi) is 1.83. The number of nitrogens with one attached hydrogen (secondary N) is 1. The zero-order valence-electron chi connectivity index (χ0n) is 6.98. The maximum atomic E-state index is 12.9. The van der Waals surface area contributed by atoms with Gasteiger partial charge in [0, 0.05) is 12.1 Å². The van der Waals surface area contributed by atoms with Crippen molar-refractivity contribution >= 4 is 11.4 Å². The molecular formula is C9H10F2N2. The van der Waals surface area contributed by atoms with E-state index < -0.39 is 11.6 Å². The van der Waals surface area contributed by atoms with Crippen LogP contribution in [-0.2, 0) is 0 Å². The minimum absolute atomic E-state index is 0.00620. The Morgan fingerprint density at radius 1 is 1.31 bits per heavy atom. The van der Waals surface area contributed by atoms with Crippen LogP contribution in [0.1, 0.15) is 12.8 Å². The molecule has 2 rings (SSSR count). The molecule has 3 N–H and O–H groups in total. The third-order valence-corrected chi connectivity index (χ3v) is 2.03. The molecule has 0 saturated heterocycles. The highest BCUT2D eigenvalue weighted by Crippen LogP contribution is 2.29. The molecule has 2 nitrogen and oxygen atoms in total. The Balaban J connectivity index is 2.30. The van der Waals surface area contributed by atoms with E-state index in [9.17, 15) is 8.78 Å². The van der Waals surface area contributed by atoms with E-state index in [1.54, 1.807) is 0 Å². The van der Waals surface area contributed by atoms with Gasteiger partial charge in [0.25, 0.3) is 0 Å². The Bertz CT molecular complexity index is 335. The second-order valence-corrected chi connectivity index (χ2v) is 3.27. The van der Waals surface area contributed by atoms with Gasteiger partial charge in [-0.25, -0.2) is 8.78 Å². The molecule has 0 spiro atoms. The lowest BCUT2D eigenvalue weighted by Crippen LogP contribution is -2.06. The molecule has 1 aromatic rings. The molecule has 13 heavy (non-hydrogen) atoms. The van der Waals surface area contributed by atoms with Crippen LogP contribution in [0.25, 0.3) is 0 Å². The van der Waals surface area contributed by atoms with Gasteiger partial charge in [-0.05, 0) is 18.9 Å². The fraction of sp³-hybridized carbons (Fsp3) is 0.333. The fourth-order valence-electron chi connectivity index (χ4n) is 1.15. The zero-order chi connectivity index (χ0) is 9.42. The predicted molar refractivity (Wildman–Crippen MR) is 47.4 cm³/mol. The van der Waals surface area contributed by atoms with E-state index in [0.29, 0.717) is 11.7 Å². The Labute approximate surface area is 74.7 Å². The van der Waals surface area contributed by atoms with Crippen molar-refractivity contribution in [2.24, 2.45) is 0 Å². The van der Waals surface area contributed by atoms with Gasteiger partial charge in [-0.15, -0.1) is 0 Å². The molecule has 0 radical (unpaired) electrons. The monoisotopic (exact) mass is 184 g/mol. The van der Waals surface area contributed by atoms with E-state index in [4.69, 9.17) is 5.73 Å². The molecule has 1 aliphatic rings. The SMILES string of the molecule is Nc1c(F)cc(F)cc1NC1CC1. The molecule has 0 unspecified atom stereocenters. The van der Waals surface area contributed by atoms with Gasteiger partial charge < -0.3 is 11.1 Å². The van der Waals surface area contributed by atoms with E-state index in [0.717, 1.165) is 18.9 Å². The first-order chi connectivity index (χ1) is 6.16. The summed E-state index contributed by atoms with van der Waals surface area (Å²) in [5.74, 6) is -1.31. The quantitative estimate of drug-likeness (QED) is 0.691. The average molecular weight is 184 g/mol. The highest BCUT2D eigenvalue weighted by molar-refractivity contribution is 5.67. The van der Waals surface area contributed by atoms with Crippen LogP contribution >= 0.6 is 0 Å². The van der Waals surface area contributed by atoms with E-state index in [1.807, 2.05) is 0 Å². The van der Waals surface area contributed by atoms with Gasteiger partial charge in [0.15, 0.2) is 5.82 Å². The summed E-state index contributed by atoms with van der Waals surface area (Å²) in [6.07, 6.45) is 2.08. The summed E-state index contributed by atoms with van der Waals surface area (Å²) in [6, 6.07) is 2.34. The van der Waals surface area contributed by atoms with Gasteiger partial charge in [-0.1, -0.05) is 0 Å². The van der Waals surface area contributed by atoms with E-state index >= 15 is 0 Å². The molecule has 0 aliphatic heterocycles. The number of hydrogen-bond donors (Lipinski definition) is 2. The molecular weight excluding hydrogens is 174 g/mol. The summed E-state index contributed by atoms with van der Waals surface area (Å²) in [6.45, 7) is 0. The number of rotatable bonds is 2. The Hall–Kier alpha value is -1.32. The lowest BCUT2D eigenvalue weighted by molar-refractivity contribution is 0.587. The predicted octanol–water partition coefficient (Wildman–Crippen LogP) is 2.12. The van der Waals surface area contributed by atoms with E-state index in [2.05, 4.69) is 5.32 Å². The highest BCUT2D eigenvalue weighted by Gasteiger charge is 2.22. The van der Waals surface area contributed by atoms with Gasteiger partial charge >= 0.3 is 0 Å². The lowest BCUT2D eigenvalue weighted by Gasteiger charge is -2.08. The van der Waals surface area contributed by atoms with Crippen molar-refractivity contribution in [3.8, 4) is 0 Å². The number of anilines is 2. The number of benzene rings is 1. The second kappa shape index (κ2) is 2.87. The van der Waals surface area contributed by atoms with Crippen LogP contribution in [-0.4, -0.2) is 6.04 Å². The molecule has 0 aromatic heterocycles. The van der Waals surface area contributed by atoms with Gasteiger partial charge in [0.2, 0.25) is 0 Å².